The summed E-state index contributed by atoms with van der Waals surface area (Å²) in [6.07, 6.45) is 7.74. The summed E-state index contributed by atoms with van der Waals surface area (Å²) in [5, 5.41) is 0. The summed E-state index contributed by atoms with van der Waals surface area (Å²) in [6.45, 7) is 0.403. The highest BCUT2D eigenvalue weighted by Crippen LogP contribution is 2.22. The van der Waals surface area contributed by atoms with Crippen LogP contribution in [0.3, 0.4) is 0 Å². The summed E-state index contributed by atoms with van der Waals surface area (Å²) in [4.78, 5) is 8.70. The molecule has 3 heterocycles. The maximum absolute atomic E-state index is 5.71. The van der Waals surface area contributed by atoms with E-state index in [2.05, 4.69) is 22.1 Å². The van der Waals surface area contributed by atoms with Gasteiger partial charge in [-0.1, -0.05) is 12.1 Å². The molecule has 3 rings (SSSR count). The van der Waals surface area contributed by atoms with Crippen LogP contribution in [0, 0.1) is 0 Å². The largest absolute Gasteiger partial charge is 0.349 e. The van der Waals surface area contributed by atoms with E-state index in [-0.39, 0.29) is 12.2 Å². The minimum Gasteiger partial charge on any atom is -0.349 e. The van der Waals surface area contributed by atoms with E-state index in [1.165, 1.54) is 0 Å². The molecule has 2 atom stereocenters. The van der Waals surface area contributed by atoms with Crippen LogP contribution in [-0.4, -0.2) is 29.0 Å². The van der Waals surface area contributed by atoms with E-state index in [0.717, 1.165) is 37.1 Å². The number of ether oxygens (including phenoxy) is 2. The van der Waals surface area contributed by atoms with E-state index in [1.807, 2.05) is 36.7 Å². The van der Waals surface area contributed by atoms with Crippen molar-refractivity contribution in [1.29, 1.82) is 0 Å². The average molecular weight is 284 g/mol. The second kappa shape index (κ2) is 7.29. The molecule has 1 fully saturated rings. The predicted octanol–water partition coefficient (Wildman–Crippen LogP) is 2.78. The van der Waals surface area contributed by atoms with E-state index >= 15 is 0 Å². The fraction of sp³-hybridized carbons (Fsp3) is 0.412. The lowest BCUT2D eigenvalue weighted by atomic mass is 10.0. The van der Waals surface area contributed by atoms with Crippen LogP contribution in [0.1, 0.15) is 24.2 Å². The van der Waals surface area contributed by atoms with Gasteiger partial charge in [0.15, 0.2) is 0 Å². The Morgan fingerprint density at radius 1 is 0.810 bits per heavy atom. The van der Waals surface area contributed by atoms with Crippen LogP contribution in [-0.2, 0) is 22.3 Å². The van der Waals surface area contributed by atoms with E-state index in [1.54, 1.807) is 0 Å². The predicted molar refractivity (Wildman–Crippen MR) is 79.7 cm³/mol. The standard InChI is InChI=1S/C17H20N2O2/c1-3-11-18-14(5-1)7-9-16-17(21-13-20-16)10-8-15-6-2-4-12-19-15/h1-6,11-12,16-17H,7-10,13H2/t16-,17+. The number of rotatable bonds is 6. The van der Waals surface area contributed by atoms with Gasteiger partial charge in [0.05, 0.1) is 12.2 Å². The van der Waals surface area contributed by atoms with Crippen LogP contribution in [0.15, 0.2) is 48.8 Å². The minimum absolute atomic E-state index is 0.163. The lowest BCUT2D eigenvalue weighted by Gasteiger charge is -2.16. The monoisotopic (exact) mass is 284 g/mol. The molecule has 4 heteroatoms. The Morgan fingerprint density at radius 3 is 1.76 bits per heavy atom. The van der Waals surface area contributed by atoms with Gasteiger partial charge in [0.25, 0.3) is 0 Å². The zero-order valence-electron chi connectivity index (χ0n) is 12.0. The van der Waals surface area contributed by atoms with E-state index in [9.17, 15) is 0 Å². The zero-order chi connectivity index (χ0) is 14.3. The van der Waals surface area contributed by atoms with Crippen molar-refractivity contribution in [1.82, 2.24) is 9.97 Å². The number of hydrogen-bond acceptors (Lipinski definition) is 4. The third kappa shape index (κ3) is 4.09. The number of nitrogens with zero attached hydrogens (tertiary/aromatic N) is 2. The van der Waals surface area contributed by atoms with Crippen LogP contribution in [0.4, 0.5) is 0 Å². The Labute approximate surface area is 125 Å². The van der Waals surface area contributed by atoms with E-state index < -0.39 is 0 Å². The van der Waals surface area contributed by atoms with Gasteiger partial charge in [-0.15, -0.1) is 0 Å². The lowest BCUT2D eigenvalue weighted by Crippen LogP contribution is -2.24. The van der Waals surface area contributed by atoms with Gasteiger partial charge < -0.3 is 9.47 Å². The van der Waals surface area contributed by atoms with E-state index in [4.69, 9.17) is 9.47 Å². The molecule has 2 aromatic rings. The minimum atomic E-state index is 0.163. The Kier molecular flexibility index (Phi) is 4.92. The van der Waals surface area contributed by atoms with Gasteiger partial charge in [-0.25, -0.2) is 0 Å². The van der Waals surface area contributed by atoms with Gasteiger partial charge in [-0.2, -0.15) is 0 Å². The average Bonchev–Trinajstić information content (AvgIpc) is 3.00. The first-order valence-electron chi connectivity index (χ1n) is 7.45. The molecule has 2 aromatic heterocycles. The second-order valence-electron chi connectivity index (χ2n) is 5.25. The third-order valence-corrected chi connectivity index (χ3v) is 3.80. The molecule has 0 bridgehead atoms. The van der Waals surface area contributed by atoms with Crippen molar-refractivity contribution < 1.29 is 9.47 Å². The molecule has 0 spiro atoms. The fourth-order valence-corrected chi connectivity index (χ4v) is 2.64. The van der Waals surface area contributed by atoms with Gasteiger partial charge in [0.2, 0.25) is 0 Å². The van der Waals surface area contributed by atoms with Gasteiger partial charge in [-0.3, -0.25) is 9.97 Å². The summed E-state index contributed by atoms with van der Waals surface area (Å²) in [6, 6.07) is 12.0. The maximum atomic E-state index is 5.71. The van der Waals surface area contributed by atoms with Gasteiger partial charge in [0.1, 0.15) is 6.79 Å². The van der Waals surface area contributed by atoms with Crippen molar-refractivity contribution in [2.45, 2.75) is 37.9 Å². The van der Waals surface area contributed by atoms with Crippen molar-refractivity contribution in [3.8, 4) is 0 Å². The molecular formula is C17H20N2O2. The molecule has 0 aliphatic carbocycles. The number of hydrogen-bond donors (Lipinski definition) is 0. The highest BCUT2D eigenvalue weighted by molar-refractivity contribution is 5.05. The van der Waals surface area contributed by atoms with Crippen molar-refractivity contribution >= 4 is 0 Å². The van der Waals surface area contributed by atoms with Crippen LogP contribution in [0.25, 0.3) is 0 Å². The van der Waals surface area contributed by atoms with Crippen molar-refractivity contribution in [3.63, 3.8) is 0 Å². The first-order chi connectivity index (χ1) is 10.4. The number of aryl methyl sites for hydroxylation is 2. The van der Waals surface area contributed by atoms with Crippen LogP contribution < -0.4 is 0 Å². The molecule has 21 heavy (non-hydrogen) atoms. The highest BCUT2D eigenvalue weighted by Gasteiger charge is 2.28. The molecule has 0 amide bonds. The van der Waals surface area contributed by atoms with Gasteiger partial charge in [-0.05, 0) is 49.9 Å². The molecule has 0 radical (unpaired) electrons. The first-order valence-corrected chi connectivity index (χ1v) is 7.45. The summed E-state index contributed by atoms with van der Waals surface area (Å²) in [5.74, 6) is 0. The fourth-order valence-electron chi connectivity index (χ4n) is 2.64. The van der Waals surface area contributed by atoms with Gasteiger partial charge >= 0.3 is 0 Å². The summed E-state index contributed by atoms with van der Waals surface area (Å²) < 4.78 is 11.4. The Balaban J connectivity index is 1.49. The smallest absolute Gasteiger partial charge is 0.147 e. The van der Waals surface area contributed by atoms with Crippen molar-refractivity contribution in [2.24, 2.45) is 0 Å². The van der Waals surface area contributed by atoms with Crippen LogP contribution >= 0.6 is 0 Å². The Morgan fingerprint density at radius 2 is 1.33 bits per heavy atom. The topological polar surface area (TPSA) is 44.2 Å². The molecule has 0 aromatic carbocycles. The highest BCUT2D eigenvalue weighted by atomic mass is 16.7. The molecule has 110 valence electrons. The van der Waals surface area contributed by atoms with Gasteiger partial charge in [0, 0.05) is 23.8 Å². The third-order valence-electron chi connectivity index (χ3n) is 3.80. The SMILES string of the molecule is c1ccc(CC[C@@H]2OCO[C@@H]2CCc2ccccn2)nc1. The molecule has 1 aliphatic heterocycles. The molecule has 0 unspecified atom stereocenters. The summed E-state index contributed by atoms with van der Waals surface area (Å²) in [5.41, 5.74) is 2.22. The molecule has 0 N–H and O–H groups in total. The molecule has 0 saturated carbocycles. The molecule has 4 nitrogen and oxygen atoms in total. The maximum Gasteiger partial charge on any atom is 0.147 e. The van der Waals surface area contributed by atoms with E-state index in [0.29, 0.717) is 6.79 Å². The Bertz CT molecular complexity index is 484. The normalized spacial score (nSPS) is 21.5. The van der Waals surface area contributed by atoms with Crippen LogP contribution in [0.5, 0.6) is 0 Å². The zero-order valence-corrected chi connectivity index (χ0v) is 12.0. The second-order valence-corrected chi connectivity index (χ2v) is 5.25. The van der Waals surface area contributed by atoms with Crippen molar-refractivity contribution in [3.05, 3.63) is 60.2 Å². The summed E-state index contributed by atoms with van der Waals surface area (Å²) in [7, 11) is 0. The summed E-state index contributed by atoms with van der Waals surface area (Å²) >= 11 is 0. The quantitative estimate of drug-likeness (QED) is 0.818. The lowest BCUT2D eigenvalue weighted by molar-refractivity contribution is 0.0366. The number of pyridine rings is 2. The van der Waals surface area contributed by atoms with Crippen LogP contribution in [0.2, 0.25) is 0 Å². The molecule has 1 saturated heterocycles. The molecule has 1 aliphatic rings. The Hall–Kier alpha value is -1.78. The first kappa shape index (κ1) is 14.2. The van der Waals surface area contributed by atoms with Crippen molar-refractivity contribution in [2.75, 3.05) is 6.79 Å². The molecular weight excluding hydrogens is 264 g/mol. The number of aromatic nitrogens is 2.